The zero-order valence-electron chi connectivity index (χ0n) is 19.3. The fourth-order valence-electron chi connectivity index (χ4n) is 3.92. The zero-order valence-corrected chi connectivity index (χ0v) is 20.1. The van der Waals surface area contributed by atoms with Crippen molar-refractivity contribution >= 4 is 23.2 Å². The molecule has 3 heterocycles. The number of ether oxygens (including phenoxy) is 2. The number of hydrogen-bond donors (Lipinski definition) is 0. The Labute approximate surface area is 203 Å². The van der Waals surface area contributed by atoms with Crippen LogP contribution in [0.5, 0.6) is 5.75 Å². The van der Waals surface area contributed by atoms with Crippen LogP contribution in [0.4, 0.5) is 0 Å². The van der Waals surface area contributed by atoms with Crippen LogP contribution in [0, 0.1) is 0 Å². The van der Waals surface area contributed by atoms with Crippen molar-refractivity contribution in [1.29, 1.82) is 0 Å². The van der Waals surface area contributed by atoms with Crippen LogP contribution in [-0.2, 0) is 33.9 Å². The SMILES string of the molecule is COc1ccc(CN2CC(OCc3cccnc3)CN(C(=O)CCc3cccs3)CC2=O)cc1. The predicted molar refractivity (Wildman–Crippen MR) is 130 cm³/mol. The predicted octanol–water partition coefficient (Wildman–Crippen LogP) is 3.54. The van der Waals surface area contributed by atoms with Crippen molar-refractivity contribution in [3.8, 4) is 5.75 Å². The largest absolute Gasteiger partial charge is 0.497 e. The molecule has 1 aliphatic rings. The normalized spacial score (nSPS) is 16.4. The number of hydrogen-bond acceptors (Lipinski definition) is 6. The van der Waals surface area contributed by atoms with Crippen LogP contribution in [-0.4, -0.2) is 59.4 Å². The fraction of sp³-hybridized carbons (Fsp3) is 0.346. The molecule has 0 N–H and O–H groups in total. The molecule has 0 spiro atoms. The van der Waals surface area contributed by atoms with Gasteiger partial charge in [-0.3, -0.25) is 14.6 Å². The first-order valence-electron chi connectivity index (χ1n) is 11.3. The minimum atomic E-state index is -0.296. The maximum absolute atomic E-state index is 13.2. The Morgan fingerprint density at radius 3 is 2.68 bits per heavy atom. The third-order valence-electron chi connectivity index (χ3n) is 5.79. The Morgan fingerprint density at radius 1 is 1.12 bits per heavy atom. The molecule has 34 heavy (non-hydrogen) atoms. The summed E-state index contributed by atoms with van der Waals surface area (Å²) in [6.45, 7) is 1.69. The molecule has 0 radical (unpaired) electrons. The van der Waals surface area contributed by atoms with Crippen LogP contribution < -0.4 is 4.74 Å². The minimum Gasteiger partial charge on any atom is -0.497 e. The van der Waals surface area contributed by atoms with Crippen LogP contribution in [0.15, 0.2) is 66.3 Å². The molecule has 3 aromatic rings. The highest BCUT2D eigenvalue weighted by atomic mass is 32.1. The van der Waals surface area contributed by atoms with Crippen molar-refractivity contribution in [2.75, 3.05) is 26.7 Å². The maximum atomic E-state index is 13.2. The van der Waals surface area contributed by atoms with Crippen LogP contribution in [0.25, 0.3) is 0 Å². The molecule has 4 rings (SSSR count). The van der Waals surface area contributed by atoms with E-state index >= 15 is 0 Å². The second kappa shape index (κ2) is 11.8. The topological polar surface area (TPSA) is 72.0 Å². The summed E-state index contributed by atoms with van der Waals surface area (Å²) < 4.78 is 11.4. The minimum absolute atomic E-state index is 0.0250. The molecule has 2 amide bonds. The van der Waals surface area contributed by atoms with E-state index in [0.717, 1.165) is 16.9 Å². The summed E-state index contributed by atoms with van der Waals surface area (Å²) in [5.74, 6) is 0.668. The first kappa shape index (κ1) is 23.9. The van der Waals surface area contributed by atoms with Gasteiger partial charge < -0.3 is 19.3 Å². The quantitative estimate of drug-likeness (QED) is 0.470. The van der Waals surface area contributed by atoms with Crippen LogP contribution >= 0.6 is 11.3 Å². The lowest BCUT2D eigenvalue weighted by molar-refractivity contribution is -0.139. The van der Waals surface area contributed by atoms with E-state index in [9.17, 15) is 9.59 Å². The summed E-state index contributed by atoms with van der Waals surface area (Å²) >= 11 is 1.64. The number of carbonyl (C=O) groups excluding carboxylic acids is 2. The number of aromatic nitrogens is 1. The average molecular weight is 480 g/mol. The second-order valence-corrected chi connectivity index (χ2v) is 9.30. The maximum Gasteiger partial charge on any atom is 0.242 e. The molecule has 1 unspecified atom stereocenters. The molecule has 1 atom stereocenters. The van der Waals surface area contributed by atoms with Gasteiger partial charge in [0.05, 0.1) is 26.4 Å². The summed E-state index contributed by atoms with van der Waals surface area (Å²) in [5.41, 5.74) is 1.95. The van der Waals surface area contributed by atoms with Gasteiger partial charge in [-0.2, -0.15) is 0 Å². The van der Waals surface area contributed by atoms with E-state index in [4.69, 9.17) is 9.47 Å². The number of nitrogens with zero attached hydrogens (tertiary/aromatic N) is 3. The van der Waals surface area contributed by atoms with Crippen molar-refractivity contribution in [1.82, 2.24) is 14.8 Å². The molecule has 1 aliphatic heterocycles. The van der Waals surface area contributed by atoms with Gasteiger partial charge >= 0.3 is 0 Å². The van der Waals surface area contributed by atoms with Gasteiger partial charge in [-0.25, -0.2) is 0 Å². The molecule has 0 aliphatic carbocycles. The average Bonchev–Trinajstić information content (AvgIpc) is 3.34. The summed E-state index contributed by atoms with van der Waals surface area (Å²) in [6.07, 6.45) is 4.24. The Bertz CT molecular complexity index is 1060. The number of rotatable bonds is 9. The lowest BCUT2D eigenvalue weighted by atomic mass is 10.2. The van der Waals surface area contributed by atoms with Crippen molar-refractivity contribution in [3.63, 3.8) is 0 Å². The van der Waals surface area contributed by atoms with Gasteiger partial charge in [0.2, 0.25) is 11.8 Å². The number of amides is 2. The zero-order chi connectivity index (χ0) is 23.8. The van der Waals surface area contributed by atoms with Crippen molar-refractivity contribution in [2.45, 2.75) is 32.1 Å². The third kappa shape index (κ3) is 6.65. The van der Waals surface area contributed by atoms with Crippen LogP contribution in [0.1, 0.15) is 22.4 Å². The Morgan fingerprint density at radius 2 is 1.97 bits per heavy atom. The molecular formula is C26H29N3O4S. The number of benzene rings is 1. The van der Waals surface area contributed by atoms with E-state index in [0.29, 0.717) is 39.1 Å². The van der Waals surface area contributed by atoms with E-state index in [-0.39, 0.29) is 24.5 Å². The number of aryl methyl sites for hydroxylation is 1. The van der Waals surface area contributed by atoms with E-state index in [1.54, 1.807) is 40.6 Å². The second-order valence-electron chi connectivity index (χ2n) is 8.27. The molecular weight excluding hydrogens is 450 g/mol. The summed E-state index contributed by atoms with van der Waals surface area (Å²) in [7, 11) is 1.63. The highest BCUT2D eigenvalue weighted by Gasteiger charge is 2.30. The molecule has 0 bridgehead atoms. The number of carbonyl (C=O) groups is 2. The Hall–Kier alpha value is -3.23. The molecule has 1 fully saturated rings. The first-order valence-corrected chi connectivity index (χ1v) is 12.2. The van der Waals surface area contributed by atoms with E-state index in [2.05, 4.69) is 4.98 Å². The molecule has 8 heteroatoms. The molecule has 1 saturated heterocycles. The van der Waals surface area contributed by atoms with Crippen LogP contribution in [0.2, 0.25) is 0 Å². The van der Waals surface area contributed by atoms with Gasteiger partial charge in [0.15, 0.2) is 0 Å². The van der Waals surface area contributed by atoms with Gasteiger partial charge in [0.25, 0.3) is 0 Å². The van der Waals surface area contributed by atoms with Crippen molar-refractivity contribution in [2.24, 2.45) is 0 Å². The fourth-order valence-corrected chi connectivity index (χ4v) is 4.63. The lowest BCUT2D eigenvalue weighted by Gasteiger charge is -2.25. The first-order chi connectivity index (χ1) is 16.6. The van der Waals surface area contributed by atoms with E-state index in [1.165, 1.54) is 4.88 Å². The monoisotopic (exact) mass is 479 g/mol. The summed E-state index contributed by atoms with van der Waals surface area (Å²) in [6, 6.07) is 15.5. The van der Waals surface area contributed by atoms with Crippen LogP contribution in [0.3, 0.4) is 0 Å². The van der Waals surface area contributed by atoms with Gasteiger partial charge in [-0.15, -0.1) is 11.3 Å². The molecule has 178 valence electrons. The number of methoxy groups -OCH3 is 1. The lowest BCUT2D eigenvalue weighted by Crippen LogP contribution is -2.39. The van der Waals surface area contributed by atoms with Gasteiger partial charge in [-0.05, 0) is 47.2 Å². The molecule has 1 aromatic carbocycles. The number of pyridine rings is 1. The van der Waals surface area contributed by atoms with Gasteiger partial charge in [-0.1, -0.05) is 24.3 Å². The summed E-state index contributed by atoms with van der Waals surface area (Å²) in [4.78, 5) is 34.9. The van der Waals surface area contributed by atoms with E-state index < -0.39 is 0 Å². The van der Waals surface area contributed by atoms with E-state index in [1.807, 2.05) is 53.9 Å². The molecule has 2 aromatic heterocycles. The standard InChI is InChI=1S/C26H29N3O4S/c1-32-22-8-6-20(7-9-22)15-28-16-23(33-19-21-4-2-12-27-14-21)17-29(18-26(28)31)25(30)11-10-24-5-3-13-34-24/h2-9,12-14,23H,10-11,15-19H2,1H3. The Kier molecular flexibility index (Phi) is 8.27. The van der Waals surface area contributed by atoms with Crippen molar-refractivity contribution < 1.29 is 19.1 Å². The molecule has 0 saturated carbocycles. The van der Waals surface area contributed by atoms with Crippen molar-refractivity contribution in [3.05, 3.63) is 82.3 Å². The Balaban J connectivity index is 1.45. The smallest absolute Gasteiger partial charge is 0.242 e. The number of thiophene rings is 1. The highest BCUT2D eigenvalue weighted by molar-refractivity contribution is 7.09. The molecule has 7 nitrogen and oxygen atoms in total. The van der Waals surface area contributed by atoms with Gasteiger partial charge in [0.1, 0.15) is 5.75 Å². The van der Waals surface area contributed by atoms with Gasteiger partial charge in [0, 0.05) is 43.3 Å². The highest BCUT2D eigenvalue weighted by Crippen LogP contribution is 2.18. The third-order valence-corrected chi connectivity index (χ3v) is 6.72. The summed E-state index contributed by atoms with van der Waals surface area (Å²) in [5, 5.41) is 2.01.